The van der Waals surface area contributed by atoms with E-state index in [0.717, 1.165) is 17.8 Å². The molecule has 0 radical (unpaired) electrons. The highest BCUT2D eigenvalue weighted by molar-refractivity contribution is 8.11. The average molecular weight is 735 g/mol. The van der Waals surface area contributed by atoms with E-state index >= 15 is 0 Å². The van der Waals surface area contributed by atoms with E-state index in [1.54, 1.807) is 20.2 Å². The maximum atomic E-state index is 2.59. The highest BCUT2D eigenvalue weighted by Gasteiger charge is 2.39. The van der Waals surface area contributed by atoms with Crippen LogP contribution in [0.3, 0.4) is 0 Å². The van der Waals surface area contributed by atoms with Crippen LogP contribution in [0.1, 0.15) is 118 Å². The number of unbranched alkanes of at least 4 members (excludes halogenated alkanes) is 2. The number of rotatable bonds is 16. The summed E-state index contributed by atoms with van der Waals surface area (Å²) in [5.74, 6) is 2.50. The summed E-state index contributed by atoms with van der Waals surface area (Å²) in [6.45, 7) is 11.9. The van der Waals surface area contributed by atoms with Gasteiger partial charge in [-0.2, -0.15) is 0 Å². The largest absolute Gasteiger partial charge is 0.140 e. The lowest BCUT2D eigenvalue weighted by molar-refractivity contribution is 0.438. The van der Waals surface area contributed by atoms with Crippen molar-refractivity contribution in [3.8, 4) is 9.75 Å². The summed E-state index contributed by atoms with van der Waals surface area (Å²) >= 11 is 12.3. The summed E-state index contributed by atoms with van der Waals surface area (Å²) in [6, 6.07) is 17.0. The van der Waals surface area contributed by atoms with Crippen molar-refractivity contribution >= 4 is 93.3 Å². The van der Waals surface area contributed by atoms with E-state index in [1.807, 2.05) is 45.3 Å². The normalized spacial score (nSPS) is 18.8. The highest BCUT2D eigenvalue weighted by Crippen LogP contribution is 2.63. The quantitative estimate of drug-likeness (QED) is 0.0926. The van der Waals surface area contributed by atoms with Gasteiger partial charge in [-0.15, -0.1) is 68.9 Å². The van der Waals surface area contributed by atoms with E-state index in [2.05, 4.69) is 107 Å². The van der Waals surface area contributed by atoms with Gasteiger partial charge in [-0.1, -0.05) is 97.8 Å². The third-order valence-electron chi connectivity index (χ3n) is 10.1. The maximum Gasteiger partial charge on any atom is 0.0536 e. The first-order valence-electron chi connectivity index (χ1n) is 18.1. The van der Waals surface area contributed by atoms with Crippen LogP contribution < -0.4 is 0 Å². The van der Waals surface area contributed by atoms with E-state index in [0.29, 0.717) is 10.5 Å². The number of aryl methyl sites for hydroxylation is 2. The number of fused-ring (bicyclic) bond motifs is 7. The van der Waals surface area contributed by atoms with Crippen LogP contribution in [-0.4, -0.2) is 5.25 Å². The Bertz CT molecular complexity index is 1820. The first-order chi connectivity index (χ1) is 22.9. The van der Waals surface area contributed by atoms with Crippen molar-refractivity contribution in [1.29, 1.82) is 0 Å². The van der Waals surface area contributed by atoms with Gasteiger partial charge in [0.1, 0.15) is 0 Å². The molecule has 2 aliphatic rings. The van der Waals surface area contributed by atoms with Gasteiger partial charge in [0.15, 0.2) is 0 Å². The summed E-state index contributed by atoms with van der Waals surface area (Å²) < 4.78 is 4.48. The van der Waals surface area contributed by atoms with Crippen LogP contribution in [0.15, 0.2) is 53.4 Å². The molecule has 4 aromatic heterocycles. The molecule has 0 saturated heterocycles. The zero-order valence-corrected chi connectivity index (χ0v) is 33.6. The molecule has 6 heteroatoms. The molecule has 0 N–H and O–H groups in total. The smallest absolute Gasteiger partial charge is 0.0536 e. The van der Waals surface area contributed by atoms with Gasteiger partial charge in [0.2, 0.25) is 0 Å². The Labute approximate surface area is 307 Å². The van der Waals surface area contributed by atoms with Gasteiger partial charge >= 0.3 is 0 Å². The third kappa shape index (κ3) is 7.84. The molecule has 7 rings (SSSR count). The molecule has 47 heavy (non-hydrogen) atoms. The molecule has 0 saturated carbocycles. The number of hydrogen-bond donors (Lipinski definition) is 0. The van der Waals surface area contributed by atoms with Gasteiger partial charge in [0.25, 0.3) is 0 Å². The van der Waals surface area contributed by atoms with Crippen LogP contribution in [0.25, 0.3) is 34.1 Å². The minimum absolute atomic E-state index is 0.551. The van der Waals surface area contributed by atoms with E-state index in [4.69, 9.17) is 0 Å². The van der Waals surface area contributed by atoms with Gasteiger partial charge in [-0.3, -0.25) is 0 Å². The molecule has 1 aromatic carbocycles. The van der Waals surface area contributed by atoms with E-state index in [1.165, 1.54) is 110 Å². The molecule has 0 aliphatic carbocycles. The predicted molar refractivity (Wildman–Crippen MR) is 221 cm³/mol. The molecule has 0 spiro atoms. The summed E-state index contributed by atoms with van der Waals surface area (Å²) in [5.41, 5.74) is 1.57. The van der Waals surface area contributed by atoms with Gasteiger partial charge in [-0.25, -0.2) is 0 Å². The summed E-state index contributed by atoms with van der Waals surface area (Å²) in [7, 11) is 0. The summed E-state index contributed by atoms with van der Waals surface area (Å²) in [6.07, 6.45) is 17.3. The minimum atomic E-state index is 0.551. The van der Waals surface area contributed by atoms with Gasteiger partial charge < -0.3 is 0 Å². The summed E-state index contributed by atoms with van der Waals surface area (Å²) in [4.78, 5) is 10.6. The lowest BCUT2D eigenvalue weighted by Crippen LogP contribution is -1.98. The van der Waals surface area contributed by atoms with E-state index < -0.39 is 0 Å². The molecule has 0 amide bonds. The van der Waals surface area contributed by atoms with Crippen molar-refractivity contribution in [2.45, 2.75) is 121 Å². The fraction of sp³-hybridized carbons (Fsp3) is 0.512. The Balaban J connectivity index is 0.986. The fourth-order valence-electron chi connectivity index (χ4n) is 7.14. The van der Waals surface area contributed by atoms with Crippen molar-refractivity contribution < 1.29 is 0 Å². The molecule has 5 aromatic rings. The third-order valence-corrected chi connectivity index (χ3v) is 18.3. The summed E-state index contributed by atoms with van der Waals surface area (Å²) in [5, 5.41) is 2.58. The van der Waals surface area contributed by atoms with Crippen molar-refractivity contribution in [3.05, 3.63) is 68.7 Å². The Morgan fingerprint density at radius 3 is 2.11 bits per heavy atom. The Kier molecular flexibility index (Phi) is 11.3. The molecule has 0 fully saturated rings. The SMILES string of the molecule is CCCCCC(C)CCc1ccc(-c2cc3sc4c5c(ccc4c3s2)C2SC(c3ccc(CCC(C)CCCC(C)C)s3)=CC2S5)s1. The van der Waals surface area contributed by atoms with Crippen LogP contribution in [-0.2, 0) is 12.8 Å². The van der Waals surface area contributed by atoms with E-state index in [-0.39, 0.29) is 0 Å². The Morgan fingerprint density at radius 1 is 0.638 bits per heavy atom. The molecule has 4 atom stereocenters. The second-order valence-electron chi connectivity index (χ2n) is 14.6. The van der Waals surface area contributed by atoms with Crippen LogP contribution in [0.5, 0.6) is 0 Å². The molecule has 250 valence electrons. The van der Waals surface area contributed by atoms with Crippen LogP contribution >= 0.6 is 68.9 Å². The molecule has 0 nitrogen and oxygen atoms in total. The fourth-order valence-corrected chi connectivity index (χ4v) is 15.3. The van der Waals surface area contributed by atoms with E-state index in [9.17, 15) is 0 Å². The van der Waals surface area contributed by atoms with Crippen molar-refractivity contribution in [2.24, 2.45) is 17.8 Å². The Hall–Kier alpha value is -1.02. The maximum absolute atomic E-state index is 2.59. The van der Waals surface area contributed by atoms with Crippen molar-refractivity contribution in [3.63, 3.8) is 0 Å². The molecular formula is C41H50S6. The first kappa shape index (κ1) is 34.4. The Morgan fingerprint density at radius 2 is 1.36 bits per heavy atom. The van der Waals surface area contributed by atoms with Crippen LogP contribution in [0.2, 0.25) is 0 Å². The second-order valence-corrected chi connectivity index (χ2v) is 21.4. The molecule has 2 aliphatic heterocycles. The molecule has 6 heterocycles. The number of thioether (sulfide) groups is 2. The van der Waals surface area contributed by atoms with Gasteiger partial charge in [0.05, 0.1) is 14.6 Å². The second kappa shape index (κ2) is 15.5. The predicted octanol–water partition coefficient (Wildman–Crippen LogP) is 15.8. The van der Waals surface area contributed by atoms with Crippen LogP contribution in [0.4, 0.5) is 0 Å². The zero-order chi connectivity index (χ0) is 32.5. The van der Waals surface area contributed by atoms with Crippen molar-refractivity contribution in [1.82, 2.24) is 0 Å². The minimum Gasteiger partial charge on any atom is -0.140 e. The van der Waals surface area contributed by atoms with Gasteiger partial charge in [-0.05, 0) is 79.3 Å². The highest BCUT2D eigenvalue weighted by atomic mass is 32.2. The van der Waals surface area contributed by atoms with Crippen LogP contribution in [0, 0.1) is 17.8 Å². The molecule has 4 unspecified atom stereocenters. The monoisotopic (exact) mass is 734 g/mol. The molecule has 0 bridgehead atoms. The van der Waals surface area contributed by atoms with Gasteiger partial charge in [0, 0.05) is 49.5 Å². The number of thiophene rings is 4. The molecular weight excluding hydrogens is 685 g/mol. The lowest BCUT2D eigenvalue weighted by Gasteiger charge is -2.11. The van der Waals surface area contributed by atoms with Crippen molar-refractivity contribution in [2.75, 3.05) is 0 Å². The number of benzene rings is 1. The topological polar surface area (TPSA) is 0 Å². The average Bonchev–Trinajstić information content (AvgIpc) is 3.88. The lowest BCUT2D eigenvalue weighted by atomic mass is 9.96. The first-order valence-corrected chi connectivity index (χ1v) is 23.1. The standard InChI is InChI=1S/C41H50S6/c1-6-7-8-11-26(4)13-15-28-17-21-32(42-28)34-23-36-38(44-34)30-19-20-31-39-37(47-41(31)40(30)46-36)24-35(45-39)33-22-18-29(43-33)16-14-27(5)12-9-10-25(2)3/h17-27,37,39H,6-16H2,1-5H3. The zero-order valence-electron chi connectivity index (χ0n) is 28.7. The number of hydrogen-bond acceptors (Lipinski definition) is 6.